The van der Waals surface area contributed by atoms with E-state index in [1.807, 2.05) is 12.3 Å². The third kappa shape index (κ3) is 3.68. The molecule has 78 valence electrons. The summed E-state index contributed by atoms with van der Waals surface area (Å²) in [5, 5.41) is 4.55. The van der Waals surface area contributed by atoms with Gasteiger partial charge in [-0.1, -0.05) is 19.9 Å². The van der Waals surface area contributed by atoms with Gasteiger partial charge in [0.15, 0.2) is 0 Å². The molecule has 0 radical (unpaired) electrons. The average molecular weight is 210 g/mol. The Kier molecular flexibility index (Phi) is 4.98. The van der Waals surface area contributed by atoms with Gasteiger partial charge in [-0.05, 0) is 30.3 Å². The molecule has 0 amide bonds. The fourth-order valence-corrected chi connectivity index (χ4v) is 1.81. The van der Waals surface area contributed by atoms with Crippen LogP contribution in [0.5, 0.6) is 0 Å². The first-order valence-electron chi connectivity index (χ1n) is 4.92. The summed E-state index contributed by atoms with van der Waals surface area (Å²) in [5.41, 5.74) is 1.29. The van der Waals surface area contributed by atoms with Crippen molar-refractivity contribution >= 4 is 11.8 Å². The van der Waals surface area contributed by atoms with E-state index in [1.165, 1.54) is 5.56 Å². The molecular formula is C11H18N2S. The first-order chi connectivity index (χ1) is 6.74. The van der Waals surface area contributed by atoms with Gasteiger partial charge >= 0.3 is 0 Å². The van der Waals surface area contributed by atoms with E-state index in [-0.39, 0.29) is 0 Å². The predicted molar refractivity (Wildman–Crippen MR) is 62.6 cm³/mol. The Morgan fingerprint density at radius 3 is 2.93 bits per heavy atom. The first kappa shape index (κ1) is 11.5. The van der Waals surface area contributed by atoms with Crippen molar-refractivity contribution < 1.29 is 0 Å². The molecule has 0 saturated heterocycles. The van der Waals surface area contributed by atoms with Crippen LogP contribution in [0.4, 0.5) is 0 Å². The number of hydrogen-bond acceptors (Lipinski definition) is 3. The van der Waals surface area contributed by atoms with Crippen LogP contribution in [0, 0.1) is 5.92 Å². The van der Waals surface area contributed by atoms with Crippen LogP contribution in [0.2, 0.25) is 0 Å². The van der Waals surface area contributed by atoms with Gasteiger partial charge in [-0.2, -0.15) is 0 Å². The summed E-state index contributed by atoms with van der Waals surface area (Å²) in [6, 6.07) is 4.12. The summed E-state index contributed by atoms with van der Waals surface area (Å²) in [4.78, 5) is 4.32. The lowest BCUT2D eigenvalue weighted by Crippen LogP contribution is -2.19. The number of hydrogen-bond donors (Lipinski definition) is 1. The van der Waals surface area contributed by atoms with E-state index in [2.05, 4.69) is 36.5 Å². The standard InChI is InChI=1S/C11H18N2S/c1-9(2)7-12-8-10-5-4-6-13-11(10)14-3/h4-6,9,12H,7-8H2,1-3H3. The molecule has 2 nitrogen and oxygen atoms in total. The highest BCUT2D eigenvalue weighted by molar-refractivity contribution is 7.98. The van der Waals surface area contributed by atoms with Gasteiger partial charge in [0.05, 0.1) is 0 Å². The highest BCUT2D eigenvalue weighted by Gasteiger charge is 2.01. The molecule has 0 aliphatic rings. The van der Waals surface area contributed by atoms with Crippen LogP contribution in [-0.4, -0.2) is 17.8 Å². The smallest absolute Gasteiger partial charge is 0.100 e. The first-order valence-corrected chi connectivity index (χ1v) is 6.15. The summed E-state index contributed by atoms with van der Waals surface area (Å²) in [6.07, 6.45) is 3.91. The highest BCUT2D eigenvalue weighted by atomic mass is 32.2. The molecule has 1 rings (SSSR count). The van der Waals surface area contributed by atoms with Crippen LogP contribution in [-0.2, 0) is 6.54 Å². The molecule has 0 aromatic carbocycles. The Balaban J connectivity index is 2.49. The van der Waals surface area contributed by atoms with Gasteiger partial charge in [0.2, 0.25) is 0 Å². The van der Waals surface area contributed by atoms with Crippen molar-refractivity contribution in [1.29, 1.82) is 0 Å². The van der Waals surface area contributed by atoms with Crippen molar-refractivity contribution in [2.75, 3.05) is 12.8 Å². The van der Waals surface area contributed by atoms with Gasteiger partial charge in [0.1, 0.15) is 5.03 Å². The Bertz CT molecular complexity index is 274. The van der Waals surface area contributed by atoms with Crippen molar-refractivity contribution in [3.05, 3.63) is 23.9 Å². The fourth-order valence-electron chi connectivity index (χ4n) is 1.24. The molecule has 1 heterocycles. The number of nitrogens with zero attached hydrogens (tertiary/aromatic N) is 1. The maximum absolute atomic E-state index is 4.32. The normalized spacial score (nSPS) is 10.9. The van der Waals surface area contributed by atoms with E-state index in [9.17, 15) is 0 Å². The molecule has 0 aliphatic carbocycles. The third-order valence-electron chi connectivity index (χ3n) is 1.91. The van der Waals surface area contributed by atoms with Crippen LogP contribution in [0.1, 0.15) is 19.4 Å². The van der Waals surface area contributed by atoms with E-state index in [0.717, 1.165) is 18.1 Å². The van der Waals surface area contributed by atoms with Gasteiger partial charge in [-0.3, -0.25) is 0 Å². The topological polar surface area (TPSA) is 24.9 Å². The van der Waals surface area contributed by atoms with Crippen LogP contribution in [0.15, 0.2) is 23.4 Å². The van der Waals surface area contributed by atoms with Gasteiger partial charge in [0.25, 0.3) is 0 Å². The van der Waals surface area contributed by atoms with Crippen LogP contribution < -0.4 is 5.32 Å². The van der Waals surface area contributed by atoms with Gasteiger partial charge < -0.3 is 5.32 Å². The van der Waals surface area contributed by atoms with Gasteiger partial charge in [-0.25, -0.2) is 4.98 Å². The van der Waals surface area contributed by atoms with Gasteiger partial charge in [0, 0.05) is 12.7 Å². The quantitative estimate of drug-likeness (QED) is 0.756. The highest BCUT2D eigenvalue weighted by Crippen LogP contribution is 2.16. The fraction of sp³-hybridized carbons (Fsp3) is 0.545. The second-order valence-corrected chi connectivity index (χ2v) is 4.49. The minimum atomic E-state index is 0.699. The number of pyridine rings is 1. The summed E-state index contributed by atoms with van der Waals surface area (Å²) in [5.74, 6) is 0.699. The molecule has 0 aliphatic heterocycles. The lowest BCUT2D eigenvalue weighted by Gasteiger charge is -2.09. The number of thioether (sulfide) groups is 1. The van der Waals surface area contributed by atoms with Gasteiger partial charge in [-0.15, -0.1) is 11.8 Å². The molecule has 0 unspecified atom stereocenters. The number of rotatable bonds is 5. The zero-order valence-electron chi connectivity index (χ0n) is 9.08. The van der Waals surface area contributed by atoms with Crippen LogP contribution in [0.3, 0.4) is 0 Å². The average Bonchev–Trinajstić information content (AvgIpc) is 2.18. The predicted octanol–water partition coefficient (Wildman–Crippen LogP) is 2.55. The van der Waals surface area contributed by atoms with E-state index in [0.29, 0.717) is 5.92 Å². The number of nitrogens with one attached hydrogen (secondary N) is 1. The molecule has 14 heavy (non-hydrogen) atoms. The van der Waals surface area contributed by atoms with Crippen molar-refractivity contribution in [3.8, 4) is 0 Å². The summed E-state index contributed by atoms with van der Waals surface area (Å²) in [7, 11) is 0. The second kappa shape index (κ2) is 6.04. The van der Waals surface area contributed by atoms with E-state index in [1.54, 1.807) is 11.8 Å². The minimum absolute atomic E-state index is 0.699. The second-order valence-electron chi connectivity index (χ2n) is 3.70. The largest absolute Gasteiger partial charge is 0.312 e. The Hall–Kier alpha value is -0.540. The molecule has 1 N–H and O–H groups in total. The molecule has 1 aromatic heterocycles. The maximum Gasteiger partial charge on any atom is 0.100 e. The molecule has 3 heteroatoms. The molecule has 1 aromatic rings. The van der Waals surface area contributed by atoms with Crippen molar-refractivity contribution in [2.45, 2.75) is 25.4 Å². The lowest BCUT2D eigenvalue weighted by molar-refractivity contribution is 0.549. The monoisotopic (exact) mass is 210 g/mol. The summed E-state index contributed by atoms with van der Waals surface area (Å²) >= 11 is 1.70. The lowest BCUT2D eigenvalue weighted by atomic mass is 10.2. The summed E-state index contributed by atoms with van der Waals surface area (Å²) in [6.45, 7) is 6.41. The maximum atomic E-state index is 4.32. The summed E-state index contributed by atoms with van der Waals surface area (Å²) < 4.78 is 0. The van der Waals surface area contributed by atoms with E-state index >= 15 is 0 Å². The zero-order chi connectivity index (χ0) is 10.4. The minimum Gasteiger partial charge on any atom is -0.312 e. The Labute approximate surface area is 90.5 Å². The van der Waals surface area contributed by atoms with E-state index in [4.69, 9.17) is 0 Å². The molecule has 0 atom stereocenters. The molecule has 0 bridgehead atoms. The Morgan fingerprint density at radius 1 is 1.50 bits per heavy atom. The number of aromatic nitrogens is 1. The molecule has 0 fully saturated rings. The van der Waals surface area contributed by atoms with Crippen molar-refractivity contribution in [1.82, 2.24) is 10.3 Å². The van der Waals surface area contributed by atoms with Crippen molar-refractivity contribution in [2.24, 2.45) is 5.92 Å². The Morgan fingerprint density at radius 2 is 2.29 bits per heavy atom. The van der Waals surface area contributed by atoms with Crippen molar-refractivity contribution in [3.63, 3.8) is 0 Å². The zero-order valence-corrected chi connectivity index (χ0v) is 9.90. The van der Waals surface area contributed by atoms with Crippen LogP contribution in [0.25, 0.3) is 0 Å². The molecule has 0 saturated carbocycles. The van der Waals surface area contributed by atoms with E-state index < -0.39 is 0 Å². The SMILES string of the molecule is CSc1ncccc1CNCC(C)C. The molecular weight excluding hydrogens is 192 g/mol. The molecule has 0 spiro atoms. The van der Waals surface area contributed by atoms with Crippen LogP contribution >= 0.6 is 11.8 Å². The third-order valence-corrected chi connectivity index (χ3v) is 2.67.